The molecule has 4 N–H and O–H groups in total. The van der Waals surface area contributed by atoms with Gasteiger partial charge in [-0.15, -0.1) is 0 Å². The Kier molecular flexibility index (Phi) is 12.6. The largest absolute Gasteiger partial charge is 0.454 e. The number of ether oxygens (including phenoxy) is 5. The number of H-pyrrole nitrogens is 2. The number of methoxy groups -OCH3 is 2. The molecule has 3 fully saturated rings. The van der Waals surface area contributed by atoms with Crippen LogP contribution < -0.4 is 20.1 Å². The van der Waals surface area contributed by atoms with Crippen LogP contribution in [0, 0.1) is 17.3 Å². The van der Waals surface area contributed by atoms with E-state index in [1.165, 1.54) is 14.2 Å². The van der Waals surface area contributed by atoms with Gasteiger partial charge in [0.25, 0.3) is 0 Å². The molecule has 5 amide bonds. The first-order chi connectivity index (χ1) is 34.2. The van der Waals surface area contributed by atoms with Gasteiger partial charge in [0.2, 0.25) is 18.6 Å². The molecule has 3 aromatic carbocycles. The highest BCUT2D eigenvalue weighted by Crippen LogP contribution is 2.58. The molecule has 5 aromatic rings. The second-order valence-corrected chi connectivity index (χ2v) is 20.0. The van der Waals surface area contributed by atoms with E-state index in [0.29, 0.717) is 37.0 Å². The fraction of sp³-hybridized carbons (Fsp3) is 0.442. The first-order valence-electron chi connectivity index (χ1n) is 24.2. The summed E-state index contributed by atoms with van der Waals surface area (Å²) in [5, 5.41) is 5.43. The molecular weight excluding hydrogens is 911 g/mol. The molecule has 19 heteroatoms. The smallest absolute Gasteiger partial charge is 0.410 e. The quantitative estimate of drug-likeness (QED) is 0.0895. The average molecular weight is 970 g/mol. The molecular formula is C52H59N9O10. The van der Waals surface area contributed by atoms with Crippen molar-refractivity contribution in [1.82, 2.24) is 45.3 Å². The number of alkyl carbamates (subject to hydrolysis) is 2. The number of aromatic amines is 2. The van der Waals surface area contributed by atoms with E-state index in [1.807, 2.05) is 87.3 Å². The SMILES string of the molecule is COC(=O)N[C@H](C(=O)N1CC(OC(=O)N2Cc3ccc4c(c3C2)OCO4)CC1c1ncc(-c2ccc(-c3ccc(-c4cnc(C5CC6(CC6)CN5C(=O)[C@@H](NC(=O)OC)C(C)C)[nH]4)cc3)cc2)[nH]1)C(C)C. The average Bonchev–Trinajstić information content (AvgIpc) is 4.12. The number of nitrogens with zero attached hydrogens (tertiary/aromatic N) is 5. The number of carbonyl (C=O) groups is 5. The molecule has 19 nitrogen and oxygen atoms in total. The van der Waals surface area contributed by atoms with E-state index in [0.717, 1.165) is 69.9 Å². The van der Waals surface area contributed by atoms with Gasteiger partial charge in [-0.1, -0.05) is 82.3 Å². The van der Waals surface area contributed by atoms with Crippen LogP contribution in [0.2, 0.25) is 0 Å². The molecule has 10 rings (SSSR count). The highest BCUT2D eigenvalue weighted by atomic mass is 16.7. The minimum absolute atomic E-state index is 0.0929. The molecule has 71 heavy (non-hydrogen) atoms. The summed E-state index contributed by atoms with van der Waals surface area (Å²) < 4.78 is 27.0. The molecule has 2 saturated heterocycles. The van der Waals surface area contributed by atoms with Crippen LogP contribution in [0.4, 0.5) is 14.4 Å². The summed E-state index contributed by atoms with van der Waals surface area (Å²) in [5.41, 5.74) is 7.36. The topological polar surface area (TPSA) is 223 Å². The van der Waals surface area contributed by atoms with Crippen molar-refractivity contribution in [1.29, 1.82) is 0 Å². The fourth-order valence-electron chi connectivity index (χ4n) is 10.4. The third kappa shape index (κ3) is 9.32. The number of aromatic nitrogens is 4. The highest BCUT2D eigenvalue weighted by Gasteiger charge is 2.55. The van der Waals surface area contributed by atoms with E-state index in [9.17, 15) is 24.0 Å². The minimum atomic E-state index is -0.901. The predicted octanol–water partition coefficient (Wildman–Crippen LogP) is 7.47. The number of likely N-dealkylation sites (tertiary alicyclic amines) is 2. The van der Waals surface area contributed by atoms with E-state index in [4.69, 9.17) is 33.7 Å². The van der Waals surface area contributed by atoms with Crippen LogP contribution >= 0.6 is 0 Å². The van der Waals surface area contributed by atoms with Crippen LogP contribution in [0.25, 0.3) is 33.6 Å². The Labute approximate surface area is 410 Å². The number of hydrogen-bond donors (Lipinski definition) is 4. The Bertz CT molecular complexity index is 2840. The number of amides is 5. The molecule has 6 heterocycles. The first kappa shape index (κ1) is 47.1. The van der Waals surface area contributed by atoms with E-state index in [-0.39, 0.29) is 54.9 Å². The van der Waals surface area contributed by atoms with Crippen molar-refractivity contribution in [3.63, 3.8) is 0 Å². The summed E-state index contributed by atoms with van der Waals surface area (Å²) in [6, 6.07) is 17.6. The zero-order valence-corrected chi connectivity index (χ0v) is 40.7. The van der Waals surface area contributed by atoms with Crippen molar-refractivity contribution in [2.24, 2.45) is 17.3 Å². The van der Waals surface area contributed by atoms with E-state index >= 15 is 0 Å². The van der Waals surface area contributed by atoms with Gasteiger partial charge in [-0.05, 0) is 70.4 Å². The lowest BCUT2D eigenvalue weighted by Crippen LogP contribution is -2.51. The maximum absolute atomic E-state index is 14.3. The summed E-state index contributed by atoms with van der Waals surface area (Å²) >= 11 is 0. The van der Waals surface area contributed by atoms with E-state index in [2.05, 4.69) is 32.7 Å². The highest BCUT2D eigenvalue weighted by molar-refractivity contribution is 5.87. The van der Waals surface area contributed by atoms with Gasteiger partial charge in [-0.3, -0.25) is 14.5 Å². The van der Waals surface area contributed by atoms with Gasteiger partial charge in [0, 0.05) is 25.1 Å². The Hall–Kier alpha value is -7.57. The van der Waals surface area contributed by atoms with Gasteiger partial charge in [-0.2, -0.15) is 0 Å². The Balaban J connectivity index is 0.821. The van der Waals surface area contributed by atoms with Gasteiger partial charge in [-0.25, -0.2) is 24.4 Å². The Morgan fingerprint density at radius 3 is 1.80 bits per heavy atom. The number of nitrogens with one attached hydrogen (secondary N) is 4. The van der Waals surface area contributed by atoms with Gasteiger partial charge in [0.15, 0.2) is 11.5 Å². The zero-order chi connectivity index (χ0) is 49.7. The number of rotatable bonds is 12. The molecule has 0 bridgehead atoms. The summed E-state index contributed by atoms with van der Waals surface area (Å²) in [6.45, 7) is 9.02. The molecule has 3 unspecified atom stereocenters. The molecule has 372 valence electrons. The molecule has 2 aromatic heterocycles. The summed E-state index contributed by atoms with van der Waals surface area (Å²) in [7, 11) is 2.54. The van der Waals surface area contributed by atoms with Crippen LogP contribution in [0.3, 0.4) is 0 Å². The van der Waals surface area contributed by atoms with Crippen LogP contribution in [-0.4, -0.2) is 117 Å². The summed E-state index contributed by atoms with van der Waals surface area (Å²) in [5.74, 6) is 1.67. The molecule has 5 aliphatic rings. The molecule has 1 aliphatic carbocycles. The van der Waals surface area contributed by atoms with Crippen LogP contribution in [0.5, 0.6) is 11.5 Å². The van der Waals surface area contributed by atoms with Gasteiger partial charge >= 0.3 is 18.3 Å². The number of hydrogen-bond acceptors (Lipinski definition) is 12. The van der Waals surface area contributed by atoms with Gasteiger partial charge in [0.1, 0.15) is 29.8 Å². The molecule has 5 atom stereocenters. The predicted molar refractivity (Wildman–Crippen MR) is 257 cm³/mol. The Morgan fingerprint density at radius 2 is 1.25 bits per heavy atom. The fourth-order valence-corrected chi connectivity index (χ4v) is 10.4. The lowest BCUT2D eigenvalue weighted by atomic mass is 10.0. The normalized spacial score (nSPS) is 20.3. The van der Waals surface area contributed by atoms with E-state index in [1.54, 1.807) is 16.0 Å². The van der Waals surface area contributed by atoms with Crippen LogP contribution in [0.1, 0.15) is 88.2 Å². The van der Waals surface area contributed by atoms with Crippen molar-refractivity contribution in [3.05, 3.63) is 95.8 Å². The second kappa shape index (κ2) is 19.0. The monoisotopic (exact) mass is 969 g/mol. The number of carbonyl (C=O) groups excluding carboxylic acids is 5. The molecule has 4 aliphatic heterocycles. The van der Waals surface area contributed by atoms with Crippen LogP contribution in [-0.2, 0) is 36.9 Å². The van der Waals surface area contributed by atoms with Crippen molar-refractivity contribution in [3.8, 4) is 45.1 Å². The van der Waals surface area contributed by atoms with Gasteiger partial charge < -0.3 is 54.1 Å². The van der Waals surface area contributed by atoms with Crippen molar-refractivity contribution < 1.29 is 47.7 Å². The Morgan fingerprint density at radius 1 is 0.704 bits per heavy atom. The van der Waals surface area contributed by atoms with Crippen molar-refractivity contribution in [2.45, 2.75) is 96.7 Å². The van der Waals surface area contributed by atoms with E-state index < -0.39 is 42.5 Å². The number of imidazole rings is 2. The maximum atomic E-state index is 14.3. The number of benzene rings is 3. The lowest BCUT2D eigenvalue weighted by Gasteiger charge is -2.30. The maximum Gasteiger partial charge on any atom is 0.410 e. The molecule has 1 saturated carbocycles. The molecule has 0 radical (unpaired) electrons. The van der Waals surface area contributed by atoms with Crippen molar-refractivity contribution >= 4 is 30.1 Å². The van der Waals surface area contributed by atoms with Crippen molar-refractivity contribution in [2.75, 3.05) is 34.1 Å². The second-order valence-electron chi connectivity index (χ2n) is 20.0. The zero-order valence-electron chi connectivity index (χ0n) is 40.7. The minimum Gasteiger partial charge on any atom is -0.454 e. The standard InChI is InChI=1S/C52H59N9O10/c1-28(2)42(57-49(64)67-5)47(62)60-24-35(71-51(66)59-23-34-15-16-41-44(36(34)25-59)70-27-69-41)19-39(60)45-53-21-37(55-45)32-11-7-30(8-12-32)31-9-13-33(14-10-31)38-22-54-46(56-38)40-20-52(17-18-52)26-61(40)48(63)43(29(3)4)58-50(65)68-6/h7-16,21-22,28-29,35,39-40,42-43H,17-20,23-27H2,1-6H3,(H,53,55)(H,54,56)(H,57,64)(H,58,65)/t35?,39?,40?,42-,43-/m0/s1. The lowest BCUT2D eigenvalue weighted by molar-refractivity contribution is -0.136. The molecule has 1 spiro atoms. The third-order valence-electron chi connectivity index (χ3n) is 14.6. The summed E-state index contributed by atoms with van der Waals surface area (Å²) in [6.07, 6.45) is 4.25. The van der Waals surface area contributed by atoms with Gasteiger partial charge in [0.05, 0.1) is 63.2 Å². The third-order valence-corrected chi connectivity index (χ3v) is 14.6. The number of fused-ring (bicyclic) bond motifs is 3. The van der Waals surface area contributed by atoms with Crippen LogP contribution in [0.15, 0.2) is 73.1 Å². The summed E-state index contributed by atoms with van der Waals surface area (Å²) in [4.78, 5) is 88.0. The first-order valence-corrected chi connectivity index (χ1v) is 24.2.